The normalized spacial score (nSPS) is 8.09. The van der Waals surface area contributed by atoms with Gasteiger partial charge < -0.3 is 9.84 Å². The number of hydrogen-bond donors (Lipinski definition) is 1. The molecule has 0 heterocycles. The molecule has 0 rings (SSSR count). The summed E-state index contributed by atoms with van der Waals surface area (Å²) in [5.41, 5.74) is 0. The van der Waals surface area contributed by atoms with E-state index in [4.69, 9.17) is 5.11 Å². The van der Waals surface area contributed by atoms with Crippen molar-refractivity contribution in [3.8, 4) is 0 Å². The predicted molar refractivity (Wildman–Crippen MR) is 33.5 cm³/mol. The van der Waals surface area contributed by atoms with Gasteiger partial charge in [-0.3, -0.25) is 4.79 Å². The minimum Gasteiger partial charge on any atom is -0.479 e. The molecule has 0 saturated heterocycles. The van der Waals surface area contributed by atoms with Gasteiger partial charge in [0, 0.05) is 32.6 Å². The molecule has 0 aromatic heterocycles. The third-order valence-corrected chi connectivity index (χ3v) is 0.811. The smallest absolute Gasteiger partial charge is 0.341 e. The quantitative estimate of drug-likeness (QED) is 0.719. The molecular formula is C6H10O4Zr. The van der Waals surface area contributed by atoms with Crippen LogP contribution in [0.4, 0.5) is 0 Å². The minimum absolute atomic E-state index is 0. The Balaban J connectivity index is 0. The van der Waals surface area contributed by atoms with E-state index in [2.05, 4.69) is 4.74 Å². The van der Waals surface area contributed by atoms with E-state index in [0.717, 1.165) is 0 Å². The Labute approximate surface area is 84.0 Å². The number of carboxylic acids is 1. The maximum absolute atomic E-state index is 10.5. The topological polar surface area (TPSA) is 63.6 Å². The van der Waals surface area contributed by atoms with E-state index in [1.54, 1.807) is 0 Å². The van der Waals surface area contributed by atoms with Crippen LogP contribution in [0.1, 0.15) is 19.8 Å². The monoisotopic (exact) mass is 236 g/mol. The zero-order valence-corrected chi connectivity index (χ0v) is 8.75. The van der Waals surface area contributed by atoms with E-state index >= 15 is 0 Å². The summed E-state index contributed by atoms with van der Waals surface area (Å²) in [6.45, 7) is 1.29. The van der Waals surface area contributed by atoms with E-state index in [1.165, 1.54) is 0 Å². The largest absolute Gasteiger partial charge is 0.479 e. The van der Waals surface area contributed by atoms with E-state index in [-0.39, 0.29) is 32.6 Å². The number of carbonyl (C=O) groups excluding carboxylic acids is 1. The third-order valence-electron chi connectivity index (χ3n) is 0.811. The van der Waals surface area contributed by atoms with Crippen molar-refractivity contribution in [2.75, 3.05) is 6.61 Å². The number of hydrogen-bond acceptors (Lipinski definition) is 3. The number of carboxylic acid groups (broad SMARTS) is 1. The van der Waals surface area contributed by atoms with Gasteiger partial charge in [0.1, 0.15) is 0 Å². The molecular weight excluding hydrogens is 227 g/mol. The molecule has 0 spiro atoms. The Morgan fingerprint density at radius 3 is 2.36 bits per heavy atom. The SMILES string of the molecule is CCCC(=O)OCC(=O)O.[Zr]. The van der Waals surface area contributed by atoms with Crippen LogP contribution in [0.2, 0.25) is 0 Å². The summed E-state index contributed by atoms with van der Waals surface area (Å²) in [6, 6.07) is 0. The molecule has 11 heavy (non-hydrogen) atoms. The molecule has 0 saturated carbocycles. The minimum atomic E-state index is -1.12. The van der Waals surface area contributed by atoms with Gasteiger partial charge in [0.15, 0.2) is 6.61 Å². The number of ether oxygens (including phenoxy) is 1. The Hall–Kier alpha value is -0.177. The van der Waals surface area contributed by atoms with Crippen molar-refractivity contribution in [2.45, 2.75) is 19.8 Å². The first-order chi connectivity index (χ1) is 4.66. The summed E-state index contributed by atoms with van der Waals surface area (Å²) in [7, 11) is 0. The van der Waals surface area contributed by atoms with Crippen LogP contribution in [0.3, 0.4) is 0 Å². The first-order valence-electron chi connectivity index (χ1n) is 3.04. The summed E-state index contributed by atoms with van der Waals surface area (Å²) in [6.07, 6.45) is 0.964. The fourth-order valence-electron chi connectivity index (χ4n) is 0.419. The molecule has 0 aliphatic rings. The molecule has 5 heteroatoms. The Morgan fingerprint density at radius 1 is 1.45 bits per heavy atom. The number of rotatable bonds is 4. The second-order valence-electron chi connectivity index (χ2n) is 1.80. The van der Waals surface area contributed by atoms with Crippen LogP contribution in [0.25, 0.3) is 0 Å². The van der Waals surface area contributed by atoms with Gasteiger partial charge in [-0.05, 0) is 6.42 Å². The second-order valence-corrected chi connectivity index (χ2v) is 1.80. The summed E-state index contributed by atoms with van der Waals surface area (Å²) < 4.78 is 4.31. The maximum atomic E-state index is 10.5. The molecule has 4 nitrogen and oxygen atoms in total. The average molecular weight is 237 g/mol. The van der Waals surface area contributed by atoms with Crippen LogP contribution in [0, 0.1) is 0 Å². The fraction of sp³-hybridized carbons (Fsp3) is 0.667. The van der Waals surface area contributed by atoms with Gasteiger partial charge in [0.2, 0.25) is 0 Å². The van der Waals surface area contributed by atoms with Crippen LogP contribution in [0.5, 0.6) is 0 Å². The first-order valence-corrected chi connectivity index (χ1v) is 3.04. The fourth-order valence-corrected chi connectivity index (χ4v) is 0.419. The van der Waals surface area contributed by atoms with Gasteiger partial charge >= 0.3 is 11.9 Å². The zero-order chi connectivity index (χ0) is 7.98. The van der Waals surface area contributed by atoms with Crippen LogP contribution >= 0.6 is 0 Å². The summed E-state index contributed by atoms with van der Waals surface area (Å²) in [4.78, 5) is 20.3. The predicted octanol–water partition coefficient (Wildman–Crippen LogP) is 0.412. The van der Waals surface area contributed by atoms with E-state index in [0.29, 0.717) is 6.42 Å². The van der Waals surface area contributed by atoms with E-state index in [1.807, 2.05) is 6.92 Å². The van der Waals surface area contributed by atoms with Crippen LogP contribution in [-0.2, 0) is 40.5 Å². The molecule has 0 fully saturated rings. The van der Waals surface area contributed by atoms with Crippen LogP contribution in [-0.4, -0.2) is 23.7 Å². The van der Waals surface area contributed by atoms with Crippen LogP contribution in [0.15, 0.2) is 0 Å². The molecule has 0 aromatic rings. The molecule has 0 bridgehead atoms. The van der Waals surface area contributed by atoms with E-state index < -0.39 is 18.5 Å². The van der Waals surface area contributed by atoms with Crippen molar-refractivity contribution in [1.82, 2.24) is 0 Å². The molecule has 0 aliphatic carbocycles. The van der Waals surface area contributed by atoms with Crippen molar-refractivity contribution >= 4 is 11.9 Å². The van der Waals surface area contributed by atoms with E-state index in [9.17, 15) is 9.59 Å². The average Bonchev–Trinajstić information content (AvgIpc) is 1.85. The van der Waals surface area contributed by atoms with Crippen molar-refractivity contribution in [1.29, 1.82) is 0 Å². The molecule has 0 unspecified atom stereocenters. The number of esters is 1. The molecule has 0 aliphatic heterocycles. The van der Waals surface area contributed by atoms with Gasteiger partial charge in [-0.1, -0.05) is 6.92 Å². The third kappa shape index (κ3) is 9.82. The maximum Gasteiger partial charge on any atom is 0.341 e. The van der Waals surface area contributed by atoms with Crippen LogP contribution < -0.4 is 0 Å². The van der Waals surface area contributed by atoms with Crippen molar-refractivity contribution in [3.05, 3.63) is 0 Å². The van der Waals surface area contributed by atoms with Gasteiger partial charge in [0.25, 0.3) is 0 Å². The molecule has 0 atom stereocenters. The zero-order valence-electron chi connectivity index (χ0n) is 6.29. The van der Waals surface area contributed by atoms with Crippen molar-refractivity contribution < 1.29 is 45.6 Å². The molecule has 1 N–H and O–H groups in total. The van der Waals surface area contributed by atoms with Gasteiger partial charge in [-0.15, -0.1) is 0 Å². The van der Waals surface area contributed by atoms with Gasteiger partial charge in [0.05, 0.1) is 0 Å². The molecule has 62 valence electrons. The molecule has 0 radical (unpaired) electrons. The summed E-state index contributed by atoms with van der Waals surface area (Å²) in [5.74, 6) is -1.57. The molecule has 0 amide bonds. The van der Waals surface area contributed by atoms with Crippen molar-refractivity contribution in [2.24, 2.45) is 0 Å². The number of carbonyl (C=O) groups is 2. The summed E-state index contributed by atoms with van der Waals surface area (Å²) >= 11 is 0. The van der Waals surface area contributed by atoms with Gasteiger partial charge in [-0.25, -0.2) is 4.79 Å². The summed E-state index contributed by atoms with van der Waals surface area (Å²) in [5, 5.41) is 8.05. The Bertz CT molecular complexity index is 135. The second kappa shape index (κ2) is 7.92. The number of aliphatic carboxylic acids is 1. The van der Waals surface area contributed by atoms with Crippen molar-refractivity contribution in [3.63, 3.8) is 0 Å². The van der Waals surface area contributed by atoms with Gasteiger partial charge in [-0.2, -0.15) is 0 Å². The first kappa shape index (κ1) is 13.4. The Morgan fingerprint density at radius 2 is 2.00 bits per heavy atom. The standard InChI is InChI=1S/C6H10O4.Zr/c1-2-3-6(9)10-4-5(7)8;/h2-4H2,1H3,(H,7,8);. The molecule has 0 aromatic carbocycles. The Kier molecular flexibility index (Phi) is 9.67.